The van der Waals surface area contributed by atoms with E-state index < -0.39 is 0 Å². The van der Waals surface area contributed by atoms with Crippen LogP contribution in [0.2, 0.25) is 0 Å². The number of imidazole rings is 1. The van der Waals surface area contributed by atoms with E-state index in [1.807, 2.05) is 61.1 Å². The summed E-state index contributed by atoms with van der Waals surface area (Å²) in [5.41, 5.74) is 7.63. The van der Waals surface area contributed by atoms with Crippen molar-refractivity contribution >= 4 is 33.2 Å². The topological polar surface area (TPSA) is 61.0 Å². The average Bonchev–Trinajstić information content (AvgIpc) is 3.50. The molecule has 198 valence electrons. The van der Waals surface area contributed by atoms with Crippen molar-refractivity contribution in [3.63, 3.8) is 0 Å². The minimum absolute atomic E-state index is 0.687. The van der Waals surface area contributed by atoms with Crippen LogP contribution in [0.15, 0.2) is 110 Å². The van der Waals surface area contributed by atoms with Gasteiger partial charge in [0, 0.05) is 58.4 Å². The van der Waals surface area contributed by atoms with Crippen molar-refractivity contribution in [1.29, 1.82) is 0 Å². The molecular weight excluding hydrogens is 508 g/mol. The first-order valence-corrected chi connectivity index (χ1v) is 13.6. The molecule has 0 saturated heterocycles. The molecule has 1 aliphatic heterocycles. The number of ether oxygens (including phenoxy) is 1. The fraction of sp³-hybridized carbons (Fsp3) is 0.0882. The van der Waals surface area contributed by atoms with Crippen LogP contribution in [0.5, 0.6) is 11.5 Å². The van der Waals surface area contributed by atoms with Crippen LogP contribution in [0.4, 0.5) is 11.4 Å². The number of aromatic nitrogens is 5. The van der Waals surface area contributed by atoms with Crippen molar-refractivity contribution in [2.24, 2.45) is 0 Å². The summed E-state index contributed by atoms with van der Waals surface area (Å²) in [7, 11) is 0. The summed E-state index contributed by atoms with van der Waals surface area (Å²) in [6.07, 6.45) is 5.54. The Balaban J connectivity index is 1.19. The molecule has 0 amide bonds. The van der Waals surface area contributed by atoms with E-state index in [2.05, 4.69) is 86.4 Å². The Morgan fingerprint density at radius 3 is 2.54 bits per heavy atom. The first-order chi connectivity index (χ1) is 20.2. The number of anilines is 2. The van der Waals surface area contributed by atoms with E-state index in [1.54, 1.807) is 0 Å². The number of fused-ring (bicyclic) bond motifs is 6. The summed E-state index contributed by atoms with van der Waals surface area (Å²) >= 11 is 0. The largest absolute Gasteiger partial charge is 0.457 e. The second kappa shape index (κ2) is 9.06. The standard InChI is InChI=1S/C34H26N6O/c1-22-23(2)38-21-39(30-11-4-3-10-28(30)34(38)37-22)24-8-7-9-25(18-24)41-26-13-14-27-29-20-35-17-15-31(29)40(32(27)19-26)33-12-5-6-16-36-33/h3-20H,21H2,1-2H3. The smallest absolute Gasteiger partial charge is 0.144 e. The van der Waals surface area contributed by atoms with Gasteiger partial charge in [-0.3, -0.25) is 9.55 Å². The number of aryl methyl sites for hydroxylation is 1. The molecule has 0 fully saturated rings. The molecular formula is C34H26N6O. The molecule has 7 aromatic rings. The summed E-state index contributed by atoms with van der Waals surface area (Å²) in [5, 5.41) is 2.18. The second-order valence-electron chi connectivity index (χ2n) is 10.3. The molecule has 1 aliphatic rings. The Bertz CT molecular complexity index is 2090. The van der Waals surface area contributed by atoms with E-state index in [0.717, 1.165) is 67.6 Å². The Labute approximate surface area is 236 Å². The molecule has 5 heterocycles. The molecule has 0 saturated carbocycles. The fourth-order valence-electron chi connectivity index (χ4n) is 5.86. The first-order valence-electron chi connectivity index (χ1n) is 13.6. The van der Waals surface area contributed by atoms with Crippen molar-refractivity contribution in [3.05, 3.63) is 121 Å². The number of para-hydroxylation sites is 1. The number of hydrogen-bond donors (Lipinski definition) is 0. The van der Waals surface area contributed by atoms with Gasteiger partial charge in [0.1, 0.15) is 29.8 Å². The van der Waals surface area contributed by atoms with Crippen molar-refractivity contribution in [3.8, 4) is 28.7 Å². The van der Waals surface area contributed by atoms with Gasteiger partial charge in [-0.2, -0.15) is 0 Å². The third kappa shape index (κ3) is 3.70. The lowest BCUT2D eigenvalue weighted by atomic mass is 10.1. The zero-order valence-corrected chi connectivity index (χ0v) is 22.7. The van der Waals surface area contributed by atoms with Gasteiger partial charge in [0.05, 0.1) is 22.4 Å². The van der Waals surface area contributed by atoms with Gasteiger partial charge in [-0.25, -0.2) is 9.97 Å². The van der Waals surface area contributed by atoms with E-state index >= 15 is 0 Å². The van der Waals surface area contributed by atoms with Gasteiger partial charge in [0.15, 0.2) is 0 Å². The minimum Gasteiger partial charge on any atom is -0.457 e. The number of benzene rings is 3. The van der Waals surface area contributed by atoms with Crippen LogP contribution in [0.1, 0.15) is 11.4 Å². The van der Waals surface area contributed by atoms with E-state index in [0.29, 0.717) is 6.67 Å². The highest BCUT2D eigenvalue weighted by Crippen LogP contribution is 2.41. The molecule has 0 N–H and O–H groups in total. The van der Waals surface area contributed by atoms with Crippen molar-refractivity contribution in [2.75, 3.05) is 4.90 Å². The van der Waals surface area contributed by atoms with E-state index in [-0.39, 0.29) is 0 Å². The first kappa shape index (κ1) is 23.5. The summed E-state index contributed by atoms with van der Waals surface area (Å²) in [6, 6.07) is 30.9. The fourth-order valence-corrected chi connectivity index (χ4v) is 5.86. The van der Waals surface area contributed by atoms with Crippen LogP contribution < -0.4 is 9.64 Å². The predicted molar refractivity (Wildman–Crippen MR) is 162 cm³/mol. The van der Waals surface area contributed by atoms with Gasteiger partial charge in [-0.05, 0) is 68.4 Å². The molecule has 8 rings (SSSR count). The monoisotopic (exact) mass is 534 g/mol. The molecule has 4 aromatic heterocycles. The number of hydrogen-bond acceptors (Lipinski definition) is 5. The zero-order chi connectivity index (χ0) is 27.5. The summed E-state index contributed by atoms with van der Waals surface area (Å²) in [6.45, 7) is 4.89. The number of rotatable bonds is 4. The highest BCUT2D eigenvalue weighted by molar-refractivity contribution is 6.09. The van der Waals surface area contributed by atoms with Crippen LogP contribution in [0.3, 0.4) is 0 Å². The van der Waals surface area contributed by atoms with E-state index in [4.69, 9.17) is 9.72 Å². The van der Waals surface area contributed by atoms with Gasteiger partial charge in [-0.1, -0.05) is 24.3 Å². The van der Waals surface area contributed by atoms with Crippen LogP contribution in [0.25, 0.3) is 39.0 Å². The zero-order valence-electron chi connectivity index (χ0n) is 22.7. The normalized spacial score (nSPS) is 12.5. The van der Waals surface area contributed by atoms with Gasteiger partial charge < -0.3 is 14.2 Å². The van der Waals surface area contributed by atoms with Gasteiger partial charge >= 0.3 is 0 Å². The van der Waals surface area contributed by atoms with Crippen molar-refractivity contribution < 1.29 is 4.74 Å². The quantitative estimate of drug-likeness (QED) is 0.229. The summed E-state index contributed by atoms with van der Waals surface area (Å²) in [5.74, 6) is 3.40. The molecule has 0 spiro atoms. The Morgan fingerprint density at radius 1 is 0.756 bits per heavy atom. The van der Waals surface area contributed by atoms with Crippen molar-refractivity contribution in [2.45, 2.75) is 20.5 Å². The Morgan fingerprint density at radius 2 is 1.63 bits per heavy atom. The van der Waals surface area contributed by atoms with Gasteiger partial charge in [0.25, 0.3) is 0 Å². The van der Waals surface area contributed by atoms with Crippen LogP contribution in [-0.4, -0.2) is 24.1 Å². The molecule has 0 atom stereocenters. The molecule has 3 aromatic carbocycles. The molecule has 0 aliphatic carbocycles. The third-order valence-corrected chi connectivity index (χ3v) is 7.96. The Hall–Kier alpha value is -5.43. The molecule has 0 radical (unpaired) electrons. The summed E-state index contributed by atoms with van der Waals surface area (Å²) < 4.78 is 10.9. The Kier molecular flexibility index (Phi) is 5.18. The highest BCUT2D eigenvalue weighted by Gasteiger charge is 2.26. The van der Waals surface area contributed by atoms with E-state index in [1.165, 1.54) is 5.69 Å². The van der Waals surface area contributed by atoms with Crippen LogP contribution >= 0.6 is 0 Å². The third-order valence-electron chi connectivity index (χ3n) is 7.96. The molecule has 0 unspecified atom stereocenters. The highest BCUT2D eigenvalue weighted by atomic mass is 16.5. The average molecular weight is 535 g/mol. The molecule has 7 nitrogen and oxygen atoms in total. The van der Waals surface area contributed by atoms with Gasteiger partial charge in [0.2, 0.25) is 0 Å². The lowest BCUT2D eigenvalue weighted by Gasteiger charge is -2.33. The summed E-state index contributed by atoms with van der Waals surface area (Å²) in [4.78, 5) is 16.2. The second-order valence-corrected chi connectivity index (χ2v) is 10.3. The van der Waals surface area contributed by atoms with E-state index in [9.17, 15) is 0 Å². The maximum absolute atomic E-state index is 6.49. The van der Waals surface area contributed by atoms with Crippen LogP contribution in [0, 0.1) is 13.8 Å². The van der Waals surface area contributed by atoms with Crippen molar-refractivity contribution in [1.82, 2.24) is 24.1 Å². The SMILES string of the molecule is Cc1nc2n(c1C)CN(c1cccc(Oc3ccc4c5cnccc5n(-c5ccccn5)c4c3)c1)c1ccccc1-2. The minimum atomic E-state index is 0.687. The molecule has 0 bridgehead atoms. The maximum Gasteiger partial charge on any atom is 0.144 e. The lowest BCUT2D eigenvalue weighted by Crippen LogP contribution is -2.26. The number of pyridine rings is 2. The van der Waals surface area contributed by atoms with Gasteiger partial charge in [-0.15, -0.1) is 0 Å². The lowest BCUT2D eigenvalue weighted by molar-refractivity contribution is 0.483. The molecule has 7 heteroatoms. The maximum atomic E-state index is 6.49. The number of nitrogens with zero attached hydrogens (tertiary/aromatic N) is 6. The van der Waals surface area contributed by atoms with Crippen LogP contribution in [-0.2, 0) is 6.67 Å². The molecule has 41 heavy (non-hydrogen) atoms. The predicted octanol–water partition coefficient (Wildman–Crippen LogP) is 7.96.